The molecule has 0 radical (unpaired) electrons. The Balaban J connectivity index is 3.10. The molecule has 6 N–H and O–H groups in total. The molecule has 0 heterocycles. The van der Waals surface area contributed by atoms with Crippen LogP contribution in [0.15, 0.2) is 23.4 Å². The number of nitrogens with two attached hydrogens (primary N) is 2. The summed E-state index contributed by atoms with van der Waals surface area (Å²) in [4.78, 5) is 0. The van der Waals surface area contributed by atoms with Crippen molar-refractivity contribution in [2.75, 3.05) is 4.72 Å². The Kier molecular flexibility index (Phi) is 3.58. The van der Waals surface area contributed by atoms with Crippen LogP contribution in [0.2, 0.25) is 5.02 Å². The quantitative estimate of drug-likeness (QED) is 0.266. The van der Waals surface area contributed by atoms with Crippen molar-refractivity contribution in [1.82, 2.24) is 0 Å². The molecule has 0 aliphatic heterocycles. The average Bonchev–Trinajstić information content (AvgIpc) is 2.18. The molecule has 0 aromatic heterocycles. The minimum atomic E-state index is -3.88. The molecular weight excluding hydrogens is 256 g/mol. The molecule has 0 fully saturated rings. The Morgan fingerprint density at radius 1 is 1.50 bits per heavy atom. The standard InChI is InChI=1S/C7H9ClN4O3S/c8-5-3-4(7(9)11-13)1-2-6(5)12-16(10,14)15/h1-3,12-13H,(H2,9,11)(H2,10,14,15). The van der Waals surface area contributed by atoms with Crippen LogP contribution < -0.4 is 15.6 Å². The van der Waals surface area contributed by atoms with Crippen LogP contribution >= 0.6 is 11.6 Å². The lowest BCUT2D eigenvalue weighted by Gasteiger charge is -2.07. The third-order valence-electron chi connectivity index (χ3n) is 1.62. The second-order valence-corrected chi connectivity index (χ2v) is 4.53. The highest BCUT2D eigenvalue weighted by Crippen LogP contribution is 2.23. The van der Waals surface area contributed by atoms with Crippen molar-refractivity contribution in [3.63, 3.8) is 0 Å². The van der Waals surface area contributed by atoms with Gasteiger partial charge in [-0.1, -0.05) is 16.8 Å². The van der Waals surface area contributed by atoms with Crippen molar-refractivity contribution in [2.45, 2.75) is 0 Å². The van der Waals surface area contributed by atoms with Gasteiger partial charge >= 0.3 is 0 Å². The van der Waals surface area contributed by atoms with E-state index in [9.17, 15) is 8.42 Å². The maximum Gasteiger partial charge on any atom is 0.296 e. The number of hydrogen-bond donors (Lipinski definition) is 4. The fourth-order valence-electron chi connectivity index (χ4n) is 0.968. The zero-order chi connectivity index (χ0) is 12.3. The van der Waals surface area contributed by atoms with E-state index in [0.717, 1.165) is 0 Å². The third kappa shape index (κ3) is 3.26. The number of nitrogens with zero attached hydrogens (tertiary/aromatic N) is 1. The zero-order valence-electron chi connectivity index (χ0n) is 7.88. The fraction of sp³-hybridized carbons (Fsp3) is 0. The van der Waals surface area contributed by atoms with Crippen molar-refractivity contribution < 1.29 is 13.6 Å². The van der Waals surface area contributed by atoms with Crippen molar-refractivity contribution in [3.8, 4) is 0 Å². The SMILES string of the molecule is N/C(=N/O)c1ccc(NS(N)(=O)=O)c(Cl)c1. The van der Waals surface area contributed by atoms with Gasteiger partial charge in [-0.05, 0) is 18.2 Å². The van der Waals surface area contributed by atoms with Crippen LogP contribution in [0.3, 0.4) is 0 Å². The van der Waals surface area contributed by atoms with Gasteiger partial charge in [-0.2, -0.15) is 8.42 Å². The molecule has 0 atom stereocenters. The molecule has 16 heavy (non-hydrogen) atoms. The van der Waals surface area contributed by atoms with E-state index < -0.39 is 10.2 Å². The van der Waals surface area contributed by atoms with Gasteiger partial charge in [0.25, 0.3) is 10.2 Å². The van der Waals surface area contributed by atoms with Gasteiger partial charge in [0.15, 0.2) is 5.84 Å². The van der Waals surface area contributed by atoms with E-state index in [1.165, 1.54) is 18.2 Å². The number of amidine groups is 1. The van der Waals surface area contributed by atoms with Gasteiger partial charge in [-0.15, -0.1) is 0 Å². The summed E-state index contributed by atoms with van der Waals surface area (Å²) < 4.78 is 23.5. The molecule has 0 saturated heterocycles. The van der Waals surface area contributed by atoms with E-state index in [1.807, 2.05) is 4.72 Å². The average molecular weight is 265 g/mol. The van der Waals surface area contributed by atoms with Gasteiger partial charge < -0.3 is 10.9 Å². The maximum atomic E-state index is 10.7. The summed E-state index contributed by atoms with van der Waals surface area (Å²) in [6.45, 7) is 0. The number of halogens is 1. The molecule has 1 aromatic rings. The molecule has 1 aromatic carbocycles. The highest BCUT2D eigenvalue weighted by molar-refractivity contribution is 7.90. The van der Waals surface area contributed by atoms with Crippen LogP contribution in [0.25, 0.3) is 0 Å². The van der Waals surface area contributed by atoms with Gasteiger partial charge in [0.1, 0.15) is 0 Å². The first kappa shape index (κ1) is 12.6. The number of anilines is 1. The van der Waals surface area contributed by atoms with E-state index in [-0.39, 0.29) is 16.5 Å². The first-order valence-electron chi connectivity index (χ1n) is 3.91. The van der Waals surface area contributed by atoms with Gasteiger partial charge in [0.2, 0.25) is 0 Å². The summed E-state index contributed by atoms with van der Waals surface area (Å²) >= 11 is 5.76. The van der Waals surface area contributed by atoms with Crippen LogP contribution in [0.4, 0.5) is 5.69 Å². The van der Waals surface area contributed by atoms with Gasteiger partial charge in [0, 0.05) is 5.56 Å². The van der Waals surface area contributed by atoms with E-state index in [0.29, 0.717) is 5.56 Å². The van der Waals surface area contributed by atoms with Crippen LogP contribution in [-0.4, -0.2) is 19.5 Å². The Bertz CT molecular complexity index is 528. The predicted octanol–water partition coefficient (Wildman–Crippen LogP) is 0.0499. The lowest BCUT2D eigenvalue weighted by Crippen LogP contribution is -2.22. The number of rotatable bonds is 3. The second-order valence-electron chi connectivity index (χ2n) is 2.83. The van der Waals surface area contributed by atoms with Crippen LogP contribution in [0, 0.1) is 0 Å². The molecule has 88 valence electrons. The summed E-state index contributed by atoms with van der Waals surface area (Å²) in [5.41, 5.74) is 5.78. The summed E-state index contributed by atoms with van der Waals surface area (Å²) in [5, 5.41) is 16.1. The summed E-state index contributed by atoms with van der Waals surface area (Å²) in [6.07, 6.45) is 0. The second kappa shape index (κ2) is 4.56. The number of oxime groups is 1. The summed E-state index contributed by atoms with van der Waals surface area (Å²) in [7, 11) is -3.88. The molecular formula is C7H9ClN4O3S. The van der Waals surface area contributed by atoms with Crippen molar-refractivity contribution in [2.24, 2.45) is 16.0 Å². The minimum absolute atomic E-state index is 0.0816. The Labute approximate surface area is 96.9 Å². The molecule has 9 heteroatoms. The maximum absolute atomic E-state index is 10.7. The van der Waals surface area contributed by atoms with Crippen LogP contribution in [0.5, 0.6) is 0 Å². The van der Waals surface area contributed by atoms with Gasteiger partial charge in [0.05, 0.1) is 10.7 Å². The first-order chi connectivity index (χ1) is 7.33. The number of nitrogens with one attached hydrogen (secondary N) is 1. The van der Waals surface area contributed by atoms with E-state index >= 15 is 0 Å². The van der Waals surface area contributed by atoms with Crippen LogP contribution in [-0.2, 0) is 10.2 Å². The highest BCUT2D eigenvalue weighted by Gasteiger charge is 2.08. The largest absolute Gasteiger partial charge is 0.409 e. The summed E-state index contributed by atoms with van der Waals surface area (Å²) in [5.74, 6) is -0.135. The lowest BCUT2D eigenvalue weighted by atomic mass is 10.2. The monoisotopic (exact) mass is 264 g/mol. The zero-order valence-corrected chi connectivity index (χ0v) is 9.46. The Hall–Kier alpha value is -1.51. The molecule has 0 aliphatic carbocycles. The Morgan fingerprint density at radius 2 is 2.12 bits per heavy atom. The minimum Gasteiger partial charge on any atom is -0.409 e. The molecule has 1 rings (SSSR count). The molecule has 0 unspecified atom stereocenters. The highest BCUT2D eigenvalue weighted by atomic mass is 35.5. The molecule has 0 saturated carbocycles. The van der Waals surface area contributed by atoms with Crippen molar-refractivity contribution >= 4 is 33.3 Å². The Morgan fingerprint density at radius 3 is 2.56 bits per heavy atom. The lowest BCUT2D eigenvalue weighted by molar-refractivity contribution is 0.318. The van der Waals surface area contributed by atoms with E-state index in [4.69, 9.17) is 27.7 Å². The topological polar surface area (TPSA) is 131 Å². The number of benzene rings is 1. The van der Waals surface area contributed by atoms with E-state index in [2.05, 4.69) is 5.16 Å². The summed E-state index contributed by atoms with van der Waals surface area (Å²) in [6, 6.07) is 4.11. The molecule has 0 spiro atoms. The fourth-order valence-corrected chi connectivity index (χ4v) is 1.74. The first-order valence-corrected chi connectivity index (χ1v) is 5.84. The number of hydrogen-bond acceptors (Lipinski definition) is 4. The predicted molar refractivity (Wildman–Crippen MR) is 60.7 cm³/mol. The normalized spacial score (nSPS) is 12.5. The van der Waals surface area contributed by atoms with Crippen molar-refractivity contribution in [3.05, 3.63) is 28.8 Å². The van der Waals surface area contributed by atoms with Crippen molar-refractivity contribution in [1.29, 1.82) is 0 Å². The smallest absolute Gasteiger partial charge is 0.296 e. The molecule has 0 aliphatic rings. The molecule has 7 nitrogen and oxygen atoms in total. The molecule has 0 amide bonds. The van der Waals surface area contributed by atoms with Gasteiger partial charge in [-0.3, -0.25) is 4.72 Å². The van der Waals surface area contributed by atoms with Crippen LogP contribution in [0.1, 0.15) is 5.56 Å². The third-order valence-corrected chi connectivity index (χ3v) is 2.44. The molecule has 0 bridgehead atoms. The van der Waals surface area contributed by atoms with Gasteiger partial charge in [-0.25, -0.2) is 5.14 Å². The van der Waals surface area contributed by atoms with E-state index in [1.54, 1.807) is 0 Å².